The number of aliphatic hydroxyl groups is 1. The molecule has 0 unspecified atom stereocenters. The number of nitro groups is 1. The van der Waals surface area contributed by atoms with E-state index in [-0.39, 0.29) is 12.3 Å². The van der Waals surface area contributed by atoms with Crippen LogP contribution in [0.2, 0.25) is 0 Å². The Bertz CT molecular complexity index is 616. The molecular formula is C15H19N3O3. The summed E-state index contributed by atoms with van der Waals surface area (Å²) in [6, 6.07) is 6.83. The minimum Gasteiger partial charge on any atom is -0.396 e. The SMILES string of the molecule is O=[N+]([O-])c1ccc(NCCCCCCO)c2cccnc12. The van der Waals surface area contributed by atoms with E-state index in [4.69, 9.17) is 5.11 Å². The number of hydrogen-bond donors (Lipinski definition) is 2. The van der Waals surface area contributed by atoms with Gasteiger partial charge in [0.2, 0.25) is 0 Å². The summed E-state index contributed by atoms with van der Waals surface area (Å²) in [7, 11) is 0. The highest BCUT2D eigenvalue weighted by Crippen LogP contribution is 2.29. The van der Waals surface area contributed by atoms with E-state index >= 15 is 0 Å². The Balaban J connectivity index is 2.07. The molecule has 0 aliphatic heterocycles. The smallest absolute Gasteiger partial charge is 0.295 e. The van der Waals surface area contributed by atoms with Crippen molar-refractivity contribution in [1.29, 1.82) is 0 Å². The summed E-state index contributed by atoms with van der Waals surface area (Å²) in [5.74, 6) is 0. The first-order valence-electron chi connectivity index (χ1n) is 7.11. The third kappa shape index (κ3) is 3.88. The third-order valence-corrected chi connectivity index (χ3v) is 3.35. The summed E-state index contributed by atoms with van der Waals surface area (Å²) >= 11 is 0. The van der Waals surface area contributed by atoms with Crippen LogP contribution in [0.5, 0.6) is 0 Å². The molecule has 21 heavy (non-hydrogen) atoms. The zero-order valence-corrected chi connectivity index (χ0v) is 11.8. The van der Waals surface area contributed by atoms with Gasteiger partial charge in [0, 0.05) is 36.5 Å². The molecule has 2 rings (SSSR count). The standard InChI is InChI=1S/C15H19N3O3/c19-11-4-2-1-3-9-16-13-7-8-14(18(20)21)15-12(13)6-5-10-17-15/h5-8,10,16,19H,1-4,9,11H2. The van der Waals surface area contributed by atoms with Crippen molar-refractivity contribution in [2.24, 2.45) is 0 Å². The molecule has 2 N–H and O–H groups in total. The van der Waals surface area contributed by atoms with Gasteiger partial charge < -0.3 is 10.4 Å². The van der Waals surface area contributed by atoms with Crippen molar-refractivity contribution >= 4 is 22.3 Å². The van der Waals surface area contributed by atoms with Crippen molar-refractivity contribution < 1.29 is 10.0 Å². The highest BCUT2D eigenvalue weighted by molar-refractivity contribution is 5.96. The fourth-order valence-corrected chi connectivity index (χ4v) is 2.27. The molecule has 0 saturated carbocycles. The Morgan fingerprint density at radius 2 is 2.00 bits per heavy atom. The third-order valence-electron chi connectivity index (χ3n) is 3.35. The van der Waals surface area contributed by atoms with Crippen LogP contribution < -0.4 is 5.32 Å². The minimum absolute atomic E-state index is 0.0269. The lowest BCUT2D eigenvalue weighted by Crippen LogP contribution is -2.03. The molecule has 1 aromatic heterocycles. The predicted molar refractivity (Wildman–Crippen MR) is 82.4 cm³/mol. The van der Waals surface area contributed by atoms with E-state index in [0.717, 1.165) is 43.3 Å². The van der Waals surface area contributed by atoms with Gasteiger partial charge in [0.15, 0.2) is 0 Å². The van der Waals surface area contributed by atoms with Crippen molar-refractivity contribution in [2.45, 2.75) is 25.7 Å². The maximum Gasteiger partial charge on any atom is 0.295 e. The highest BCUT2D eigenvalue weighted by Gasteiger charge is 2.14. The molecule has 6 nitrogen and oxygen atoms in total. The number of nitro benzene ring substituents is 1. The largest absolute Gasteiger partial charge is 0.396 e. The van der Waals surface area contributed by atoms with Crippen LogP contribution in [-0.2, 0) is 0 Å². The molecule has 0 fully saturated rings. The minimum atomic E-state index is -0.409. The Kier molecular flexibility index (Phi) is 5.45. The maximum atomic E-state index is 11.0. The molecule has 0 aliphatic rings. The molecule has 6 heteroatoms. The Morgan fingerprint density at radius 1 is 1.19 bits per heavy atom. The van der Waals surface area contributed by atoms with E-state index in [1.165, 1.54) is 6.07 Å². The lowest BCUT2D eigenvalue weighted by molar-refractivity contribution is -0.383. The van der Waals surface area contributed by atoms with Crippen LogP contribution in [0.15, 0.2) is 30.5 Å². The number of pyridine rings is 1. The topological polar surface area (TPSA) is 88.3 Å². The molecule has 0 atom stereocenters. The van der Waals surface area contributed by atoms with Gasteiger partial charge in [-0.2, -0.15) is 0 Å². The monoisotopic (exact) mass is 289 g/mol. The molecule has 0 saturated heterocycles. The molecule has 0 aliphatic carbocycles. The van der Waals surface area contributed by atoms with Crippen LogP contribution in [0.3, 0.4) is 0 Å². The second kappa shape index (κ2) is 7.54. The molecular weight excluding hydrogens is 270 g/mol. The highest BCUT2D eigenvalue weighted by atomic mass is 16.6. The number of nitrogens with zero attached hydrogens (tertiary/aromatic N) is 2. The average molecular weight is 289 g/mol. The van der Waals surface area contributed by atoms with Gasteiger partial charge in [-0.1, -0.05) is 12.8 Å². The van der Waals surface area contributed by atoms with E-state index in [0.29, 0.717) is 5.52 Å². The summed E-state index contributed by atoms with van der Waals surface area (Å²) in [6.45, 7) is 1.04. The fraction of sp³-hybridized carbons (Fsp3) is 0.400. The van der Waals surface area contributed by atoms with Crippen LogP contribution in [0, 0.1) is 10.1 Å². The number of unbranched alkanes of at least 4 members (excludes halogenated alkanes) is 3. The normalized spacial score (nSPS) is 10.7. The molecule has 1 aromatic carbocycles. The predicted octanol–water partition coefficient (Wildman–Crippen LogP) is 3.11. The van der Waals surface area contributed by atoms with Crippen LogP contribution in [0.25, 0.3) is 10.9 Å². The van der Waals surface area contributed by atoms with Gasteiger partial charge in [-0.05, 0) is 31.0 Å². The van der Waals surface area contributed by atoms with Crippen LogP contribution in [-0.4, -0.2) is 28.2 Å². The summed E-state index contributed by atoms with van der Waals surface area (Å²) in [5.41, 5.74) is 1.30. The van der Waals surface area contributed by atoms with Gasteiger partial charge >= 0.3 is 0 Å². The fourth-order valence-electron chi connectivity index (χ4n) is 2.27. The number of hydrogen-bond acceptors (Lipinski definition) is 5. The van der Waals surface area contributed by atoms with Crippen molar-refractivity contribution in [3.05, 3.63) is 40.6 Å². The van der Waals surface area contributed by atoms with Crippen molar-refractivity contribution in [1.82, 2.24) is 4.98 Å². The summed E-state index contributed by atoms with van der Waals surface area (Å²) in [6.07, 6.45) is 5.47. The first kappa shape index (κ1) is 15.2. The zero-order chi connectivity index (χ0) is 15.1. The quantitative estimate of drug-likeness (QED) is 0.443. The number of aromatic nitrogens is 1. The lowest BCUT2D eigenvalue weighted by Gasteiger charge is -2.09. The molecule has 2 aromatic rings. The Labute approximate surface area is 123 Å². The maximum absolute atomic E-state index is 11.0. The van der Waals surface area contributed by atoms with E-state index in [9.17, 15) is 10.1 Å². The van der Waals surface area contributed by atoms with E-state index in [1.807, 2.05) is 6.07 Å². The Hall–Kier alpha value is -2.21. The van der Waals surface area contributed by atoms with Gasteiger partial charge in [-0.25, -0.2) is 4.98 Å². The molecule has 1 heterocycles. The van der Waals surface area contributed by atoms with Crippen LogP contribution in [0.1, 0.15) is 25.7 Å². The number of anilines is 1. The zero-order valence-electron chi connectivity index (χ0n) is 11.8. The summed E-state index contributed by atoms with van der Waals surface area (Å²) < 4.78 is 0. The molecule has 0 amide bonds. The van der Waals surface area contributed by atoms with Gasteiger partial charge in [0.1, 0.15) is 5.52 Å². The molecule has 112 valence electrons. The van der Waals surface area contributed by atoms with E-state index < -0.39 is 4.92 Å². The van der Waals surface area contributed by atoms with Crippen molar-refractivity contribution in [3.8, 4) is 0 Å². The number of rotatable bonds is 8. The van der Waals surface area contributed by atoms with Gasteiger partial charge in [0.25, 0.3) is 5.69 Å². The number of benzene rings is 1. The number of aliphatic hydroxyl groups excluding tert-OH is 1. The molecule has 0 radical (unpaired) electrons. The average Bonchev–Trinajstić information content (AvgIpc) is 2.50. The molecule has 0 bridgehead atoms. The molecule has 0 spiro atoms. The second-order valence-electron chi connectivity index (χ2n) is 4.85. The van der Waals surface area contributed by atoms with E-state index in [1.54, 1.807) is 18.3 Å². The van der Waals surface area contributed by atoms with Gasteiger partial charge in [-0.15, -0.1) is 0 Å². The summed E-state index contributed by atoms with van der Waals surface area (Å²) in [5, 5.41) is 23.8. The van der Waals surface area contributed by atoms with Gasteiger partial charge in [0.05, 0.1) is 4.92 Å². The van der Waals surface area contributed by atoms with E-state index in [2.05, 4.69) is 10.3 Å². The van der Waals surface area contributed by atoms with Crippen LogP contribution in [0.4, 0.5) is 11.4 Å². The second-order valence-corrected chi connectivity index (χ2v) is 4.85. The van der Waals surface area contributed by atoms with Crippen molar-refractivity contribution in [2.75, 3.05) is 18.5 Å². The van der Waals surface area contributed by atoms with Crippen LogP contribution >= 0.6 is 0 Å². The van der Waals surface area contributed by atoms with Crippen molar-refractivity contribution in [3.63, 3.8) is 0 Å². The number of nitrogens with one attached hydrogen (secondary N) is 1. The first-order chi connectivity index (χ1) is 10.2. The van der Waals surface area contributed by atoms with Gasteiger partial charge in [-0.3, -0.25) is 10.1 Å². The Morgan fingerprint density at radius 3 is 2.76 bits per heavy atom. The lowest BCUT2D eigenvalue weighted by atomic mass is 10.1. The summed E-state index contributed by atoms with van der Waals surface area (Å²) in [4.78, 5) is 14.7. The number of fused-ring (bicyclic) bond motifs is 1. The first-order valence-corrected chi connectivity index (χ1v) is 7.11. The number of non-ortho nitro benzene ring substituents is 1.